The zero-order chi connectivity index (χ0) is 18.9. The third kappa shape index (κ3) is 6.44. The van der Waals surface area contributed by atoms with Crippen molar-refractivity contribution in [1.82, 2.24) is 0 Å². The maximum atomic E-state index is 2.31. The molecule has 2 aromatic carbocycles. The molecule has 0 N–H and O–H groups in total. The number of aryl methyl sites for hydroxylation is 2. The van der Waals surface area contributed by atoms with E-state index in [9.17, 15) is 0 Å². The van der Waals surface area contributed by atoms with Crippen LogP contribution in [0.1, 0.15) is 37.8 Å². The second kappa shape index (κ2) is 10.6. The Morgan fingerprint density at radius 2 is 1.04 bits per heavy atom. The summed E-state index contributed by atoms with van der Waals surface area (Å²) in [6.45, 7) is 4.52. The van der Waals surface area contributed by atoms with Crippen molar-refractivity contribution in [1.29, 1.82) is 0 Å². The Labute approximate surface area is 176 Å². The Morgan fingerprint density at radius 3 is 1.37 bits per heavy atom. The van der Waals surface area contributed by atoms with Crippen LogP contribution in [0, 0.1) is 0 Å². The third-order valence-corrected chi connectivity index (χ3v) is 9.45. The second-order valence-corrected chi connectivity index (χ2v) is 10.7. The van der Waals surface area contributed by atoms with Crippen LogP contribution in [-0.4, -0.2) is 0 Å². The summed E-state index contributed by atoms with van der Waals surface area (Å²) in [5.41, 5.74) is 5.94. The van der Waals surface area contributed by atoms with E-state index in [0.717, 1.165) is 12.8 Å². The molecular weight excluding hydrogens is 404 g/mol. The van der Waals surface area contributed by atoms with Crippen molar-refractivity contribution in [2.24, 2.45) is 0 Å². The average molecular weight is 432 g/mol. The standard InChI is InChI=1S/C14H14.2C6H7.Zr/c1-3-7-13(8-4-1)11-12-14-9-5-2-6-10-14;2*1-6-4-2-3-5-6;/h1-10H,11-12H2;2*2,4H,3H2,1H3;. The molecule has 1 heteroatoms. The van der Waals surface area contributed by atoms with Crippen molar-refractivity contribution < 1.29 is 23.2 Å². The Kier molecular flexibility index (Phi) is 7.84. The molecule has 0 aromatic heterocycles. The molecule has 2 aliphatic rings. The molecule has 136 valence electrons. The second-order valence-electron chi connectivity index (χ2n) is 7.13. The summed E-state index contributed by atoms with van der Waals surface area (Å²) in [5, 5.41) is 0. The number of rotatable bonds is 5. The van der Waals surface area contributed by atoms with Crippen LogP contribution in [0.5, 0.6) is 0 Å². The largest absolute Gasteiger partial charge is 0.0622 e. The zero-order valence-corrected chi connectivity index (χ0v) is 18.9. The van der Waals surface area contributed by atoms with E-state index in [1.54, 1.807) is 17.7 Å². The van der Waals surface area contributed by atoms with Crippen LogP contribution in [0.4, 0.5) is 0 Å². The van der Waals surface area contributed by atoms with Gasteiger partial charge in [-0.15, -0.1) is 0 Å². The molecule has 0 saturated carbocycles. The minimum atomic E-state index is -0.385. The van der Waals surface area contributed by atoms with Crippen LogP contribution in [-0.2, 0) is 36.1 Å². The van der Waals surface area contributed by atoms with Gasteiger partial charge in [0.2, 0.25) is 0 Å². The molecule has 0 unspecified atom stereocenters. The summed E-state index contributed by atoms with van der Waals surface area (Å²) < 4.78 is 3.56. The van der Waals surface area contributed by atoms with Gasteiger partial charge in [0.25, 0.3) is 0 Å². The van der Waals surface area contributed by atoms with Crippen LogP contribution < -0.4 is 0 Å². The van der Waals surface area contributed by atoms with Crippen LogP contribution in [0.3, 0.4) is 0 Å². The van der Waals surface area contributed by atoms with Crippen molar-refractivity contribution in [2.45, 2.75) is 39.5 Å². The van der Waals surface area contributed by atoms with Gasteiger partial charge in [-0.25, -0.2) is 0 Å². The van der Waals surface area contributed by atoms with E-state index in [4.69, 9.17) is 0 Å². The smallest absolute Gasteiger partial charge is 0.0238 e. The van der Waals surface area contributed by atoms with E-state index in [2.05, 4.69) is 98.8 Å². The first-order chi connectivity index (χ1) is 13.2. The molecule has 2 aliphatic carbocycles. The van der Waals surface area contributed by atoms with E-state index < -0.39 is 0 Å². The predicted molar refractivity (Wildman–Crippen MR) is 113 cm³/mol. The van der Waals surface area contributed by atoms with Crippen molar-refractivity contribution in [3.63, 3.8) is 0 Å². The van der Waals surface area contributed by atoms with Crippen molar-refractivity contribution in [2.75, 3.05) is 0 Å². The quantitative estimate of drug-likeness (QED) is 0.478. The summed E-state index contributed by atoms with van der Waals surface area (Å²) in [5.74, 6) is 0. The minimum Gasteiger partial charge on any atom is -0.0622 e. The molecule has 0 atom stereocenters. The number of allylic oxidation sites excluding steroid dienone is 8. The summed E-state index contributed by atoms with van der Waals surface area (Å²) in [7, 11) is 0. The number of benzene rings is 2. The fraction of sp³-hybridized carbons (Fsp3) is 0.231. The molecule has 4 rings (SSSR count). The fourth-order valence-corrected chi connectivity index (χ4v) is 6.65. The van der Waals surface area contributed by atoms with E-state index in [-0.39, 0.29) is 23.2 Å². The maximum Gasteiger partial charge on any atom is -0.0238 e. The van der Waals surface area contributed by atoms with E-state index in [0.29, 0.717) is 0 Å². The van der Waals surface area contributed by atoms with Crippen LogP contribution in [0.15, 0.2) is 103 Å². The Balaban J connectivity index is 0.000000156. The third-order valence-electron chi connectivity index (χ3n) is 5.02. The first-order valence-electron chi connectivity index (χ1n) is 9.80. The van der Waals surface area contributed by atoms with Gasteiger partial charge in [0.1, 0.15) is 0 Å². The zero-order valence-electron chi connectivity index (χ0n) is 16.4. The number of hydrogen-bond acceptors (Lipinski definition) is 0. The predicted octanol–water partition coefficient (Wildman–Crippen LogP) is 7.01. The summed E-state index contributed by atoms with van der Waals surface area (Å²) >= 11 is -0.385. The minimum absolute atomic E-state index is 0.385. The molecule has 0 spiro atoms. The molecule has 0 nitrogen and oxygen atoms in total. The molecule has 0 heterocycles. The monoisotopic (exact) mass is 430 g/mol. The van der Waals surface area contributed by atoms with Crippen LogP contribution in [0.2, 0.25) is 0 Å². The summed E-state index contributed by atoms with van der Waals surface area (Å²) in [6, 6.07) is 21.2. The summed E-state index contributed by atoms with van der Waals surface area (Å²) in [6.07, 6.45) is 13.9. The first kappa shape index (κ1) is 20.0. The van der Waals surface area contributed by atoms with Gasteiger partial charge >= 0.3 is 91.9 Å². The van der Waals surface area contributed by atoms with E-state index in [1.165, 1.54) is 24.0 Å². The van der Waals surface area contributed by atoms with Crippen molar-refractivity contribution in [3.8, 4) is 0 Å². The van der Waals surface area contributed by atoms with Gasteiger partial charge in [-0.1, -0.05) is 60.7 Å². The normalized spacial score (nSPS) is 15.2. The molecule has 0 bridgehead atoms. The molecule has 0 radical (unpaired) electrons. The van der Waals surface area contributed by atoms with Crippen LogP contribution in [0.25, 0.3) is 0 Å². The Morgan fingerprint density at radius 1 is 0.630 bits per heavy atom. The molecule has 2 aromatic rings. The maximum absolute atomic E-state index is 2.31. The summed E-state index contributed by atoms with van der Waals surface area (Å²) in [4.78, 5) is 0. The molecular formula is C26H28Zr. The number of hydrogen-bond donors (Lipinski definition) is 0. The van der Waals surface area contributed by atoms with Gasteiger partial charge in [-0.05, 0) is 24.0 Å². The van der Waals surface area contributed by atoms with E-state index >= 15 is 0 Å². The van der Waals surface area contributed by atoms with Gasteiger partial charge in [-0.3, -0.25) is 0 Å². The molecule has 0 saturated heterocycles. The van der Waals surface area contributed by atoms with Gasteiger partial charge in [0.15, 0.2) is 0 Å². The van der Waals surface area contributed by atoms with Gasteiger partial charge in [-0.2, -0.15) is 0 Å². The topological polar surface area (TPSA) is 0 Å². The van der Waals surface area contributed by atoms with Gasteiger partial charge in [0, 0.05) is 0 Å². The average Bonchev–Trinajstić information content (AvgIpc) is 3.31. The Hall–Kier alpha value is -1.72. The van der Waals surface area contributed by atoms with Gasteiger partial charge in [0.05, 0.1) is 0 Å². The van der Waals surface area contributed by atoms with Crippen molar-refractivity contribution >= 4 is 0 Å². The molecule has 0 aliphatic heterocycles. The fourth-order valence-electron chi connectivity index (χ4n) is 3.29. The molecule has 27 heavy (non-hydrogen) atoms. The first-order valence-corrected chi connectivity index (χ1v) is 12.3. The van der Waals surface area contributed by atoms with Crippen LogP contribution >= 0.6 is 0 Å². The van der Waals surface area contributed by atoms with E-state index in [1.807, 2.05) is 0 Å². The molecule has 0 amide bonds. The molecule has 0 fully saturated rings. The van der Waals surface area contributed by atoms with Gasteiger partial charge < -0.3 is 0 Å². The van der Waals surface area contributed by atoms with Crippen molar-refractivity contribution in [3.05, 3.63) is 114 Å². The SMILES string of the molecule is CC1=[C]([Zr][C]2=C(C)C=CC2)CC=C1.c1ccc(CCc2ccccc2)cc1. The Bertz CT molecular complexity index is 778.